The molecule has 13 heteroatoms. The molecule has 5 heterocycles. The van der Waals surface area contributed by atoms with E-state index in [1.807, 2.05) is 13.0 Å². The zero-order chi connectivity index (χ0) is 30.7. The lowest BCUT2D eigenvalue weighted by atomic mass is 10.1. The minimum absolute atomic E-state index is 0.185. The van der Waals surface area contributed by atoms with Gasteiger partial charge in [-0.1, -0.05) is 56.3 Å². The summed E-state index contributed by atoms with van der Waals surface area (Å²) in [4.78, 5) is 26.1. The van der Waals surface area contributed by atoms with Crippen molar-refractivity contribution < 1.29 is 28.5 Å². The van der Waals surface area contributed by atoms with E-state index in [9.17, 15) is 9.90 Å². The number of carbonyl (C=O) groups is 1. The van der Waals surface area contributed by atoms with Crippen LogP contribution in [0.1, 0.15) is 75.8 Å². The van der Waals surface area contributed by atoms with Crippen molar-refractivity contribution in [1.82, 2.24) is 24.7 Å². The van der Waals surface area contributed by atoms with Gasteiger partial charge >= 0.3 is 0 Å². The maximum atomic E-state index is 11.6. The smallest absolute Gasteiger partial charge is 0.293 e. The van der Waals surface area contributed by atoms with Crippen molar-refractivity contribution in [1.29, 1.82) is 0 Å². The van der Waals surface area contributed by atoms with Crippen molar-refractivity contribution >= 4 is 29.4 Å². The van der Waals surface area contributed by atoms with Gasteiger partial charge in [0.15, 0.2) is 41.2 Å². The lowest BCUT2D eigenvalue weighted by molar-refractivity contribution is -0.909. The second-order valence-corrected chi connectivity index (χ2v) is 11.6. The molecule has 6 rings (SSSR count). The Morgan fingerprint density at radius 3 is 2.61 bits per heavy atom. The third kappa shape index (κ3) is 5.86. The first-order chi connectivity index (χ1) is 21.5. The van der Waals surface area contributed by atoms with Gasteiger partial charge in [-0.05, 0) is 19.3 Å². The standard InChI is InChI=1S/C31H41N8O5/c1-4-21(5-2)33-28-24-29(35-31(34-28)36-39(14-10-11-15-39)17-20-12-8-7-9-13-20)38(18-32-24)30-27(42-19-40)25(41)26(43-30)23-16-22(6-3)37-44-23/h7-9,12-13,16,18-19,21,25-27,30,41H,4-6,10-11,14-15,17H2,1-3H3,(H2,33,34,35,36)/q+1/t25-,26-,27+,30-/m1/s1. The number of nitrogens with one attached hydrogen (secondary N) is 2. The van der Waals surface area contributed by atoms with Gasteiger partial charge in [0.1, 0.15) is 25.7 Å². The van der Waals surface area contributed by atoms with Crippen molar-refractivity contribution in [2.75, 3.05) is 23.8 Å². The van der Waals surface area contributed by atoms with Gasteiger partial charge in [-0.25, -0.2) is 9.58 Å². The minimum Gasteiger partial charge on any atom is -0.457 e. The van der Waals surface area contributed by atoms with Crippen molar-refractivity contribution in [3.63, 3.8) is 0 Å². The average Bonchev–Trinajstić information content (AvgIpc) is 3.84. The Kier molecular flexibility index (Phi) is 8.78. The highest BCUT2D eigenvalue weighted by Gasteiger charge is 2.49. The zero-order valence-corrected chi connectivity index (χ0v) is 25.4. The van der Waals surface area contributed by atoms with Crippen LogP contribution in [0.25, 0.3) is 11.2 Å². The van der Waals surface area contributed by atoms with Gasteiger partial charge in [0.2, 0.25) is 0 Å². The average molecular weight is 606 g/mol. The Hall–Kier alpha value is -4.07. The topological polar surface area (TPSA) is 149 Å². The Morgan fingerprint density at radius 2 is 1.93 bits per heavy atom. The fraction of sp³-hybridized carbons (Fsp3) is 0.516. The predicted molar refractivity (Wildman–Crippen MR) is 162 cm³/mol. The number of aryl methyl sites for hydroxylation is 1. The van der Waals surface area contributed by atoms with Crippen LogP contribution in [-0.2, 0) is 27.2 Å². The van der Waals surface area contributed by atoms with Crippen LogP contribution in [-0.4, -0.2) is 72.2 Å². The molecule has 4 atom stereocenters. The van der Waals surface area contributed by atoms with Crippen LogP contribution in [0.4, 0.5) is 11.8 Å². The number of fused-ring (bicyclic) bond motifs is 1. The molecule has 0 bridgehead atoms. The molecule has 2 fully saturated rings. The van der Waals surface area contributed by atoms with Crippen LogP contribution in [0.15, 0.2) is 47.2 Å². The Labute approximate surface area is 256 Å². The maximum Gasteiger partial charge on any atom is 0.293 e. The number of hydrogen-bond acceptors (Lipinski definition) is 11. The number of aromatic nitrogens is 5. The quantitative estimate of drug-likeness (QED) is 0.148. The minimum atomic E-state index is -1.20. The van der Waals surface area contributed by atoms with Crippen molar-refractivity contribution in [2.24, 2.45) is 0 Å². The first-order valence-electron chi connectivity index (χ1n) is 15.5. The van der Waals surface area contributed by atoms with Crippen molar-refractivity contribution in [3.05, 3.63) is 59.7 Å². The number of benzene rings is 1. The van der Waals surface area contributed by atoms with E-state index >= 15 is 0 Å². The lowest BCUT2D eigenvalue weighted by Gasteiger charge is -2.33. The highest BCUT2D eigenvalue weighted by atomic mass is 16.6. The second-order valence-electron chi connectivity index (χ2n) is 11.6. The van der Waals surface area contributed by atoms with Gasteiger partial charge < -0.3 is 24.4 Å². The number of quaternary nitrogens is 1. The molecule has 0 amide bonds. The number of imidazole rings is 1. The number of carbonyl (C=O) groups excluding carboxylic acids is 1. The van der Waals surface area contributed by atoms with Gasteiger partial charge in [0.05, 0.1) is 12.0 Å². The lowest BCUT2D eigenvalue weighted by Crippen LogP contribution is -2.49. The molecule has 2 saturated heterocycles. The van der Waals surface area contributed by atoms with E-state index in [0.717, 1.165) is 51.0 Å². The van der Waals surface area contributed by atoms with Gasteiger partial charge in [-0.15, -0.1) is 0 Å². The molecule has 0 unspecified atom stereocenters. The molecule has 3 aromatic heterocycles. The second kappa shape index (κ2) is 12.9. The van der Waals surface area contributed by atoms with E-state index in [2.05, 4.69) is 59.0 Å². The summed E-state index contributed by atoms with van der Waals surface area (Å²) in [6.07, 6.45) is 2.19. The van der Waals surface area contributed by atoms with Gasteiger partial charge in [-0.2, -0.15) is 15.4 Å². The Balaban J connectivity index is 1.40. The van der Waals surface area contributed by atoms with Crippen LogP contribution < -0.4 is 10.7 Å². The third-order valence-corrected chi connectivity index (χ3v) is 8.76. The Morgan fingerprint density at radius 1 is 1.16 bits per heavy atom. The number of ether oxygens (including phenoxy) is 2. The summed E-state index contributed by atoms with van der Waals surface area (Å²) >= 11 is 0. The normalized spacial score (nSPS) is 22.9. The van der Waals surface area contributed by atoms with Crippen LogP contribution in [0, 0.1) is 0 Å². The van der Waals surface area contributed by atoms with Crippen molar-refractivity contribution in [3.8, 4) is 0 Å². The summed E-state index contributed by atoms with van der Waals surface area (Å²) in [5.74, 6) is 1.42. The predicted octanol–water partition coefficient (Wildman–Crippen LogP) is 4.29. The molecule has 3 N–H and O–H groups in total. The van der Waals surface area contributed by atoms with E-state index in [4.69, 9.17) is 24.0 Å². The number of anilines is 2. The summed E-state index contributed by atoms with van der Waals surface area (Å²) in [5.41, 5.74) is 6.67. The number of aliphatic hydroxyl groups is 1. The van der Waals surface area contributed by atoms with E-state index in [1.54, 1.807) is 17.0 Å². The third-order valence-electron chi connectivity index (χ3n) is 8.76. The molecular weight excluding hydrogens is 564 g/mol. The largest absolute Gasteiger partial charge is 0.457 e. The number of likely N-dealkylation sites (tertiary alicyclic amines) is 1. The van der Waals surface area contributed by atoms with Gasteiger partial charge in [-0.3, -0.25) is 9.36 Å². The molecule has 1 aromatic carbocycles. The number of aliphatic hydroxyl groups excluding tert-OH is 1. The van der Waals surface area contributed by atoms with E-state index in [1.165, 1.54) is 5.56 Å². The highest BCUT2D eigenvalue weighted by molar-refractivity contribution is 5.84. The van der Waals surface area contributed by atoms with Crippen LogP contribution in [0.5, 0.6) is 0 Å². The van der Waals surface area contributed by atoms with Crippen LogP contribution in [0.2, 0.25) is 0 Å². The monoisotopic (exact) mass is 605 g/mol. The summed E-state index contributed by atoms with van der Waals surface area (Å²) in [5, 5.41) is 18.8. The molecule has 234 valence electrons. The molecule has 4 aromatic rings. The molecule has 0 spiro atoms. The van der Waals surface area contributed by atoms with Gasteiger partial charge in [0.25, 0.3) is 12.4 Å². The first kappa shape index (κ1) is 30.0. The van der Waals surface area contributed by atoms with E-state index < -0.39 is 24.5 Å². The van der Waals surface area contributed by atoms with Crippen molar-refractivity contribution in [2.45, 2.75) is 90.0 Å². The molecule has 0 saturated carbocycles. The van der Waals surface area contributed by atoms with E-state index in [0.29, 0.717) is 46.2 Å². The Bertz CT molecular complexity index is 1550. The maximum absolute atomic E-state index is 11.6. The highest BCUT2D eigenvalue weighted by Crippen LogP contribution is 2.42. The van der Waals surface area contributed by atoms with Crippen LogP contribution in [0.3, 0.4) is 0 Å². The SMILES string of the molecule is CCc1cc([C@H]2O[C@@H](n3cnc4c(NC(CC)CC)nc(N[N+]5(Cc6ccccc6)CCCC5)nc43)[C@@H](OC=O)[C@@H]2O)on1. The van der Waals surface area contributed by atoms with E-state index in [-0.39, 0.29) is 6.04 Å². The number of rotatable bonds is 13. The molecule has 13 nitrogen and oxygen atoms in total. The molecule has 2 aliphatic heterocycles. The summed E-state index contributed by atoms with van der Waals surface area (Å²) < 4.78 is 19.5. The zero-order valence-electron chi connectivity index (χ0n) is 25.4. The molecular formula is C31H41N8O5+. The summed E-state index contributed by atoms with van der Waals surface area (Å²) in [6.45, 7) is 9.21. The summed E-state index contributed by atoms with van der Waals surface area (Å²) in [6, 6.07) is 12.4. The molecule has 44 heavy (non-hydrogen) atoms. The first-order valence-corrected chi connectivity index (χ1v) is 15.5. The number of hydrogen-bond donors (Lipinski definition) is 3. The fourth-order valence-corrected chi connectivity index (χ4v) is 6.28. The van der Waals surface area contributed by atoms with Gasteiger partial charge in [0, 0.05) is 30.5 Å². The summed E-state index contributed by atoms with van der Waals surface area (Å²) in [7, 11) is 0. The number of nitrogens with zero attached hydrogens (tertiary/aromatic N) is 6. The fourth-order valence-electron chi connectivity index (χ4n) is 6.28. The molecule has 2 aliphatic rings. The molecule has 0 radical (unpaired) electrons. The van der Waals surface area contributed by atoms with Crippen LogP contribution >= 0.6 is 0 Å². The molecule has 0 aliphatic carbocycles.